The molecule has 0 aliphatic heterocycles. The fraction of sp³-hybridized carbons (Fsp3) is 0.143. The van der Waals surface area contributed by atoms with Crippen molar-refractivity contribution in [3.63, 3.8) is 0 Å². The van der Waals surface area contributed by atoms with Gasteiger partial charge in [-0.1, -0.05) is 0 Å². The molecule has 0 saturated carbocycles. The van der Waals surface area contributed by atoms with Crippen LogP contribution in [-0.2, 0) is 0 Å². The van der Waals surface area contributed by atoms with Crippen molar-refractivity contribution in [2.45, 2.75) is 0 Å². The van der Waals surface area contributed by atoms with E-state index in [9.17, 15) is 20.0 Å². The summed E-state index contributed by atoms with van der Waals surface area (Å²) in [6, 6.07) is 8.88. The van der Waals surface area contributed by atoms with Crippen molar-refractivity contribution in [2.75, 3.05) is 18.4 Å². The molecule has 1 amide bonds. The molecule has 0 saturated heterocycles. The Labute approximate surface area is 126 Å². The van der Waals surface area contributed by atoms with E-state index in [1.54, 1.807) is 12.1 Å². The highest BCUT2D eigenvalue weighted by Crippen LogP contribution is 2.15. The summed E-state index contributed by atoms with van der Waals surface area (Å²) >= 11 is 0. The smallest absolute Gasteiger partial charge is 0.273 e. The lowest BCUT2D eigenvalue weighted by molar-refractivity contribution is -0.384. The van der Waals surface area contributed by atoms with Crippen LogP contribution in [0.5, 0.6) is 5.75 Å². The third-order valence-electron chi connectivity index (χ3n) is 2.82. The van der Waals surface area contributed by atoms with Gasteiger partial charge in [-0.3, -0.25) is 14.9 Å². The van der Waals surface area contributed by atoms with Crippen molar-refractivity contribution < 1.29 is 14.8 Å². The third kappa shape index (κ3) is 3.92. The fourth-order valence-electron chi connectivity index (χ4n) is 1.74. The van der Waals surface area contributed by atoms with Gasteiger partial charge in [-0.25, -0.2) is 4.98 Å². The molecule has 8 heteroatoms. The number of pyridine rings is 1. The Bertz CT molecular complexity index is 673. The molecule has 114 valence electrons. The molecule has 0 fully saturated rings. The molecule has 1 aromatic heterocycles. The first kappa shape index (κ1) is 15.2. The lowest BCUT2D eigenvalue weighted by Crippen LogP contribution is -2.29. The van der Waals surface area contributed by atoms with Crippen LogP contribution in [0.25, 0.3) is 0 Å². The average Bonchev–Trinajstić information content (AvgIpc) is 2.52. The summed E-state index contributed by atoms with van der Waals surface area (Å²) < 4.78 is 0. The van der Waals surface area contributed by atoms with E-state index in [2.05, 4.69) is 15.6 Å². The quantitative estimate of drug-likeness (QED) is 0.423. The summed E-state index contributed by atoms with van der Waals surface area (Å²) in [5, 5.41) is 25.6. The number of aromatic hydroxyl groups is 1. The van der Waals surface area contributed by atoms with Gasteiger partial charge in [-0.2, -0.15) is 0 Å². The van der Waals surface area contributed by atoms with Gasteiger partial charge in [0.15, 0.2) is 5.69 Å². The predicted octanol–water partition coefficient (Wildman–Crippen LogP) is 1.54. The monoisotopic (exact) mass is 302 g/mol. The molecule has 0 aliphatic carbocycles. The predicted molar refractivity (Wildman–Crippen MR) is 79.8 cm³/mol. The highest BCUT2D eigenvalue weighted by Gasteiger charge is 2.10. The highest BCUT2D eigenvalue weighted by molar-refractivity contribution is 5.94. The number of nitro benzene ring substituents is 1. The van der Waals surface area contributed by atoms with Crippen LogP contribution in [0, 0.1) is 10.1 Å². The highest BCUT2D eigenvalue weighted by atomic mass is 16.6. The second kappa shape index (κ2) is 7.02. The standard InChI is InChI=1S/C14H14N4O4/c19-12-2-1-7-16-13(12)14(20)17-9-8-15-10-3-5-11(6-4-10)18(21)22/h1-7,15,19H,8-9H2,(H,17,20). The molecule has 1 heterocycles. The number of rotatable bonds is 6. The Kier molecular flexibility index (Phi) is 4.86. The molecule has 22 heavy (non-hydrogen) atoms. The van der Waals surface area contributed by atoms with Gasteiger partial charge in [0.05, 0.1) is 4.92 Å². The van der Waals surface area contributed by atoms with Crippen molar-refractivity contribution in [3.05, 3.63) is 58.4 Å². The van der Waals surface area contributed by atoms with E-state index in [4.69, 9.17) is 0 Å². The van der Waals surface area contributed by atoms with Crippen molar-refractivity contribution in [1.29, 1.82) is 0 Å². The maximum atomic E-state index is 11.8. The molecule has 0 radical (unpaired) electrons. The number of nitrogens with one attached hydrogen (secondary N) is 2. The lowest BCUT2D eigenvalue weighted by Gasteiger charge is -2.08. The molecule has 0 atom stereocenters. The molecule has 1 aromatic carbocycles. The summed E-state index contributed by atoms with van der Waals surface area (Å²) in [6.45, 7) is 0.739. The molecule has 2 aromatic rings. The molecule has 0 bridgehead atoms. The number of carbonyl (C=O) groups excluding carboxylic acids is 1. The Balaban J connectivity index is 1.78. The van der Waals surface area contributed by atoms with Gasteiger partial charge in [0.25, 0.3) is 11.6 Å². The number of carbonyl (C=O) groups is 1. The van der Waals surface area contributed by atoms with E-state index >= 15 is 0 Å². The van der Waals surface area contributed by atoms with Crippen LogP contribution < -0.4 is 10.6 Å². The number of anilines is 1. The van der Waals surface area contributed by atoms with E-state index in [-0.39, 0.29) is 17.1 Å². The lowest BCUT2D eigenvalue weighted by atomic mass is 10.3. The minimum atomic E-state index is -0.469. The number of amides is 1. The van der Waals surface area contributed by atoms with Crippen LogP contribution in [-0.4, -0.2) is 34.0 Å². The Morgan fingerprint density at radius 1 is 1.23 bits per heavy atom. The number of nitrogens with zero attached hydrogens (tertiary/aromatic N) is 2. The topological polar surface area (TPSA) is 117 Å². The van der Waals surface area contributed by atoms with Gasteiger partial charge in [-0.15, -0.1) is 0 Å². The maximum absolute atomic E-state index is 11.8. The number of non-ortho nitro benzene ring substituents is 1. The number of nitro groups is 1. The summed E-state index contributed by atoms with van der Waals surface area (Å²) in [6.07, 6.45) is 1.42. The fourth-order valence-corrected chi connectivity index (χ4v) is 1.74. The van der Waals surface area contributed by atoms with Gasteiger partial charge < -0.3 is 15.7 Å². The second-order valence-electron chi connectivity index (χ2n) is 4.36. The van der Waals surface area contributed by atoms with Gasteiger partial charge in [0.2, 0.25) is 0 Å². The maximum Gasteiger partial charge on any atom is 0.273 e. The number of benzene rings is 1. The largest absolute Gasteiger partial charge is 0.505 e. The number of aromatic nitrogens is 1. The second-order valence-corrected chi connectivity index (χ2v) is 4.36. The SMILES string of the molecule is O=C(NCCNc1ccc([N+](=O)[O-])cc1)c1ncccc1O. The van der Waals surface area contributed by atoms with Gasteiger partial charge in [0, 0.05) is 37.1 Å². The Morgan fingerprint density at radius 2 is 1.95 bits per heavy atom. The molecular weight excluding hydrogens is 288 g/mol. The Morgan fingerprint density at radius 3 is 2.59 bits per heavy atom. The van der Waals surface area contributed by atoms with Crippen molar-refractivity contribution >= 4 is 17.3 Å². The third-order valence-corrected chi connectivity index (χ3v) is 2.82. The molecular formula is C14H14N4O4. The molecule has 0 unspecified atom stereocenters. The molecule has 2 rings (SSSR count). The van der Waals surface area contributed by atoms with Crippen molar-refractivity contribution in [3.8, 4) is 5.75 Å². The zero-order chi connectivity index (χ0) is 15.9. The number of hydrogen-bond donors (Lipinski definition) is 3. The summed E-state index contributed by atoms with van der Waals surface area (Å²) in [7, 11) is 0. The minimum Gasteiger partial charge on any atom is -0.505 e. The minimum absolute atomic E-state index is 0.0180. The van der Waals surface area contributed by atoms with Crippen LogP contribution in [0.1, 0.15) is 10.5 Å². The van der Waals surface area contributed by atoms with E-state index in [1.807, 2.05) is 0 Å². The van der Waals surface area contributed by atoms with Crippen LogP contribution in [0.2, 0.25) is 0 Å². The van der Waals surface area contributed by atoms with Crippen LogP contribution in [0.3, 0.4) is 0 Å². The summed E-state index contributed by atoms with van der Waals surface area (Å²) in [4.78, 5) is 25.6. The van der Waals surface area contributed by atoms with Crippen LogP contribution >= 0.6 is 0 Å². The molecule has 0 aliphatic rings. The first-order valence-corrected chi connectivity index (χ1v) is 6.48. The summed E-state index contributed by atoms with van der Waals surface area (Å²) in [5.74, 6) is -0.646. The molecule has 3 N–H and O–H groups in total. The zero-order valence-corrected chi connectivity index (χ0v) is 11.5. The number of hydrogen-bond acceptors (Lipinski definition) is 6. The zero-order valence-electron chi connectivity index (χ0n) is 11.5. The van der Waals surface area contributed by atoms with Crippen molar-refractivity contribution in [2.24, 2.45) is 0 Å². The van der Waals surface area contributed by atoms with E-state index in [1.165, 1.54) is 30.5 Å². The summed E-state index contributed by atoms with van der Waals surface area (Å²) in [5.41, 5.74) is 0.697. The first-order chi connectivity index (χ1) is 10.6. The van der Waals surface area contributed by atoms with Crippen molar-refractivity contribution in [1.82, 2.24) is 10.3 Å². The first-order valence-electron chi connectivity index (χ1n) is 6.48. The van der Waals surface area contributed by atoms with Gasteiger partial charge >= 0.3 is 0 Å². The van der Waals surface area contributed by atoms with Crippen LogP contribution in [0.4, 0.5) is 11.4 Å². The van der Waals surface area contributed by atoms with Crippen LogP contribution in [0.15, 0.2) is 42.6 Å². The van der Waals surface area contributed by atoms with E-state index in [0.717, 1.165) is 0 Å². The normalized spacial score (nSPS) is 10.0. The van der Waals surface area contributed by atoms with Gasteiger partial charge in [-0.05, 0) is 24.3 Å². The van der Waals surface area contributed by atoms with E-state index < -0.39 is 10.8 Å². The molecule has 8 nitrogen and oxygen atoms in total. The molecule has 0 spiro atoms. The Hall–Kier alpha value is -3.16. The average molecular weight is 302 g/mol. The van der Waals surface area contributed by atoms with E-state index in [0.29, 0.717) is 18.8 Å². The van der Waals surface area contributed by atoms with Gasteiger partial charge in [0.1, 0.15) is 5.75 Å².